The van der Waals surface area contributed by atoms with Crippen LogP contribution in [-0.2, 0) is 68.6 Å². The number of aromatic hydroxyl groups is 1. The fraction of sp³-hybridized carbons (Fsp3) is 0.738. The fourth-order valence-electron chi connectivity index (χ4n) is 11.6. The minimum Gasteiger partial charge on any atom is -0.508 e. The molecule has 0 saturated heterocycles. The van der Waals surface area contributed by atoms with E-state index in [1.165, 1.54) is 106 Å². The van der Waals surface area contributed by atoms with Crippen molar-refractivity contribution in [1.29, 1.82) is 0 Å². The maximum absolute atomic E-state index is 15.1. The van der Waals surface area contributed by atoms with E-state index in [4.69, 9.17) is 9.47 Å². The molecule has 0 bridgehead atoms. The number of carboxylic acid groups (broad SMARTS) is 1. The number of phenols is 1. The fourth-order valence-corrected chi connectivity index (χ4v) is 11.6. The second-order valence-electron chi connectivity index (χ2n) is 26.2. The molecule has 8 amide bonds. The number of ketones is 2. The van der Waals surface area contributed by atoms with Gasteiger partial charge in [-0.15, -0.1) is 0 Å². The zero-order chi connectivity index (χ0) is 71.5. The number of likely N-dealkylation sites (N-methyl/N-ethyl adjacent to an activating group) is 9. The topological polar surface area (TPSA) is 337 Å². The maximum atomic E-state index is 15.1. The van der Waals surface area contributed by atoms with Crippen LogP contribution in [0.2, 0.25) is 0 Å². The van der Waals surface area contributed by atoms with Crippen molar-refractivity contribution in [1.82, 2.24) is 49.8 Å². The first kappa shape index (κ1) is 83.4. The Balaban J connectivity index is 3.79. The van der Waals surface area contributed by atoms with E-state index in [1.54, 1.807) is 53.7 Å². The number of hydrogen-bond donors (Lipinski definition) is 6. The average Bonchev–Trinajstić information content (AvgIpc) is 0.793. The van der Waals surface area contributed by atoms with Gasteiger partial charge >= 0.3 is 5.97 Å². The first-order valence-corrected chi connectivity index (χ1v) is 31.5. The van der Waals surface area contributed by atoms with Crippen LogP contribution in [0.1, 0.15) is 114 Å². The van der Waals surface area contributed by atoms with E-state index in [1.807, 2.05) is 27.7 Å². The molecule has 1 aromatic rings. The van der Waals surface area contributed by atoms with Crippen LogP contribution in [0.4, 0.5) is 0 Å². The quantitative estimate of drug-likeness (QED) is 0.0505. The van der Waals surface area contributed by atoms with Crippen LogP contribution >= 0.6 is 0 Å². The lowest BCUT2D eigenvalue weighted by Crippen LogP contribution is -2.64. The van der Waals surface area contributed by atoms with Crippen LogP contribution in [-0.4, -0.2) is 294 Å². The molecule has 1 aromatic carbocycles. The molecular formula is C65H112N10O17. The van der Waals surface area contributed by atoms with Gasteiger partial charge < -0.3 is 79.7 Å². The number of ether oxygens (including phenoxy) is 2. The van der Waals surface area contributed by atoms with Crippen molar-refractivity contribution >= 4 is 64.8 Å². The number of methoxy groups -OCH3 is 2. The summed E-state index contributed by atoms with van der Waals surface area (Å²) in [7, 11) is 16.8. The smallest absolute Gasteiger partial charge is 0.337 e. The predicted octanol–water partition coefficient (Wildman–Crippen LogP) is 1.21. The second kappa shape index (κ2) is 37.3. The van der Waals surface area contributed by atoms with Gasteiger partial charge in [-0.25, -0.2) is 4.79 Å². The summed E-state index contributed by atoms with van der Waals surface area (Å²) in [6.07, 6.45) is -3.43. The SMILES string of the molecule is CC[C@@H](C)[C@@H](C(=O)N[C@@H](C)C(=O)N(C)[C@@H](CC(C)C)C(=O)N(C)[C@@H](Cc1ccc(O)cc1)C(=O)N(C)[C@@](C)(C(=O)O)C(=O)CC(C)C(=O)C(O)[C@H](C(C)C)N(C)C)N(C)C(=O)[C@H](COC)N(C)C(=O)[C@H]([C@@H](C)O)N(C)C(=O)[C@H](CC(C)C)N(C)C(=O)[C@H](COC)NC. The summed E-state index contributed by atoms with van der Waals surface area (Å²) in [5.74, 6) is -12.0. The van der Waals surface area contributed by atoms with Crippen LogP contribution in [0.3, 0.4) is 0 Å². The van der Waals surface area contributed by atoms with Gasteiger partial charge in [0.1, 0.15) is 60.2 Å². The molecular weight excluding hydrogens is 1190 g/mol. The Morgan fingerprint density at radius 2 is 1.02 bits per heavy atom. The van der Waals surface area contributed by atoms with E-state index < -0.39 is 162 Å². The van der Waals surface area contributed by atoms with Gasteiger partial charge in [-0.1, -0.05) is 80.9 Å². The number of phenolic OH excluding ortho intramolecular Hbond substituents is 1. The van der Waals surface area contributed by atoms with Crippen molar-refractivity contribution in [2.45, 2.75) is 187 Å². The van der Waals surface area contributed by atoms with Crippen LogP contribution in [0.5, 0.6) is 5.75 Å². The summed E-state index contributed by atoms with van der Waals surface area (Å²) < 4.78 is 10.7. The number of carboxylic acids is 1. The number of amides is 8. The molecule has 0 radical (unpaired) electrons. The van der Waals surface area contributed by atoms with Gasteiger partial charge in [0, 0.05) is 88.4 Å². The van der Waals surface area contributed by atoms with Crippen LogP contribution < -0.4 is 10.6 Å². The minimum absolute atomic E-state index is 0.0115. The number of nitrogens with one attached hydrogen (secondary N) is 2. The Morgan fingerprint density at radius 3 is 1.45 bits per heavy atom. The molecule has 27 nitrogen and oxygen atoms in total. The second-order valence-corrected chi connectivity index (χ2v) is 26.2. The average molecular weight is 1310 g/mol. The molecule has 2 unspecified atom stereocenters. The Kier molecular flexibility index (Phi) is 33.8. The van der Waals surface area contributed by atoms with Gasteiger partial charge in [0.2, 0.25) is 47.3 Å². The highest BCUT2D eigenvalue weighted by Gasteiger charge is 2.51. The highest BCUT2D eigenvalue weighted by molar-refractivity contribution is 6.11. The van der Waals surface area contributed by atoms with E-state index in [0.717, 1.165) is 38.5 Å². The van der Waals surface area contributed by atoms with Crippen molar-refractivity contribution in [3.63, 3.8) is 0 Å². The Labute approximate surface area is 545 Å². The number of aliphatic hydroxyl groups excluding tert-OH is 2. The Morgan fingerprint density at radius 1 is 0.576 bits per heavy atom. The lowest BCUT2D eigenvalue weighted by Gasteiger charge is -2.41. The number of rotatable bonds is 39. The molecule has 6 N–H and O–H groups in total. The lowest BCUT2D eigenvalue weighted by molar-refractivity contribution is -0.165. The summed E-state index contributed by atoms with van der Waals surface area (Å²) in [6, 6.07) is -5.40. The largest absolute Gasteiger partial charge is 0.508 e. The summed E-state index contributed by atoms with van der Waals surface area (Å²) >= 11 is 0. The monoisotopic (exact) mass is 1300 g/mol. The van der Waals surface area contributed by atoms with Gasteiger partial charge in [0.05, 0.1) is 19.3 Å². The maximum Gasteiger partial charge on any atom is 0.337 e. The molecule has 0 saturated carbocycles. The standard InChI is InChI=1S/C65H112N10O17/c1-25-39(8)52(73(20)61(86)49(35-92-24)72(19)63(88)53(42(11)76)74(21)60(85)47(31-37(4)5)70(17)58(83)45(66-13)34-91-23)56(81)67-41(10)57(82)69(16)46(30-36(2)3)59(84)71(18)48(33-43-26-28-44(77)29-27-43)62(87)75(22)65(12,64(89)90)50(78)32-40(9)54(79)55(80)51(38(6)7)68(14)15/h26-29,36-42,45-49,51-53,55,66,76-77,80H,25,30-35H2,1-24H3,(H,67,81)(H,89,90)/t39-,40?,41+,42-,45+,46+,47+,48+,49+,51+,52+,53+,55?,65-/m1/s1. The van der Waals surface area contributed by atoms with E-state index in [9.17, 15) is 63.6 Å². The van der Waals surface area contributed by atoms with Gasteiger partial charge in [-0.05, 0) is 96.1 Å². The first-order chi connectivity index (χ1) is 42.5. The summed E-state index contributed by atoms with van der Waals surface area (Å²) in [4.78, 5) is 167. The number of nitrogens with zero attached hydrogens (tertiary/aromatic N) is 8. The Hall–Kier alpha value is -6.65. The molecule has 0 aliphatic carbocycles. The summed E-state index contributed by atoms with van der Waals surface area (Å²) in [6.45, 7) is 19.1. The van der Waals surface area contributed by atoms with Gasteiger partial charge in [0.15, 0.2) is 17.1 Å². The molecule has 1 rings (SSSR count). The molecule has 14 atom stereocenters. The molecule has 27 heteroatoms. The van der Waals surface area contributed by atoms with E-state index in [2.05, 4.69) is 10.6 Å². The number of benzene rings is 1. The Bertz CT molecular complexity index is 2650. The van der Waals surface area contributed by atoms with Gasteiger partial charge in [0.25, 0.3) is 0 Å². The molecule has 0 spiro atoms. The zero-order valence-corrected chi connectivity index (χ0v) is 59.2. The predicted molar refractivity (Wildman–Crippen MR) is 346 cm³/mol. The lowest BCUT2D eigenvalue weighted by atomic mass is 9.83. The molecule has 524 valence electrons. The highest BCUT2D eigenvalue weighted by atomic mass is 16.5. The third-order valence-corrected chi connectivity index (χ3v) is 17.7. The van der Waals surface area contributed by atoms with Crippen LogP contribution in [0.25, 0.3) is 0 Å². The molecule has 0 aromatic heterocycles. The third-order valence-electron chi connectivity index (χ3n) is 17.7. The highest BCUT2D eigenvalue weighted by Crippen LogP contribution is 2.28. The number of carbonyl (C=O) groups excluding carboxylic acids is 10. The molecule has 92 heavy (non-hydrogen) atoms. The van der Waals surface area contributed by atoms with E-state index >= 15 is 9.59 Å². The first-order valence-electron chi connectivity index (χ1n) is 31.5. The van der Waals surface area contributed by atoms with Crippen molar-refractivity contribution in [3.8, 4) is 5.75 Å². The molecule has 0 heterocycles. The number of hydrogen-bond acceptors (Lipinski definition) is 18. The van der Waals surface area contributed by atoms with E-state index in [0.29, 0.717) is 16.9 Å². The molecule has 0 aliphatic heterocycles. The normalized spacial score (nSPS) is 16.6. The van der Waals surface area contributed by atoms with Crippen molar-refractivity contribution in [3.05, 3.63) is 29.8 Å². The van der Waals surface area contributed by atoms with Gasteiger partial charge in [-0.3, -0.25) is 47.9 Å². The number of aliphatic carboxylic acids is 1. The number of carbonyl (C=O) groups is 11. The van der Waals surface area contributed by atoms with Crippen molar-refractivity contribution in [2.24, 2.45) is 29.6 Å². The summed E-state index contributed by atoms with van der Waals surface area (Å²) in [5.41, 5.74) is -2.20. The third kappa shape index (κ3) is 21.2. The minimum atomic E-state index is -2.62. The number of aliphatic hydroxyl groups is 2. The van der Waals surface area contributed by atoms with E-state index in [-0.39, 0.29) is 49.4 Å². The number of Topliss-reactive ketones (excluding diaryl/α,β-unsaturated/α-hetero) is 2. The summed E-state index contributed by atoms with van der Waals surface area (Å²) in [5, 5.41) is 48.9. The molecule has 0 fully saturated rings. The van der Waals surface area contributed by atoms with Crippen LogP contribution in [0.15, 0.2) is 24.3 Å². The van der Waals surface area contributed by atoms with Gasteiger partial charge in [-0.2, -0.15) is 0 Å². The van der Waals surface area contributed by atoms with Crippen molar-refractivity contribution < 1.29 is 82.6 Å². The van der Waals surface area contributed by atoms with Crippen molar-refractivity contribution in [2.75, 3.05) is 97.9 Å². The van der Waals surface area contributed by atoms with Crippen LogP contribution in [0, 0.1) is 29.6 Å². The zero-order valence-electron chi connectivity index (χ0n) is 59.2. The molecule has 0 aliphatic rings.